The summed E-state index contributed by atoms with van der Waals surface area (Å²) in [5.41, 5.74) is 4.65. The molecule has 4 aromatic heterocycles. The number of aromatic nitrogens is 4. The quantitative estimate of drug-likeness (QED) is 0.0328. The average molecular weight is 1970 g/mol. The molecular formula is C70H41Br3Cl3F15N5O16PS3. The third-order valence-corrected chi connectivity index (χ3v) is 22.6. The Morgan fingerprint density at radius 3 is 0.793 bits per heavy atom. The van der Waals surface area contributed by atoms with Crippen LogP contribution in [0.2, 0.25) is 15.1 Å². The van der Waals surface area contributed by atoms with Crippen molar-refractivity contribution in [3.05, 3.63) is 287 Å². The van der Waals surface area contributed by atoms with Crippen LogP contribution in [0.5, 0.6) is 34.5 Å². The first-order chi connectivity index (χ1) is 53.5. The van der Waals surface area contributed by atoms with Crippen LogP contribution in [0.4, 0.5) is 71.7 Å². The second-order valence-electron chi connectivity index (χ2n) is 22.2. The lowest BCUT2D eigenvalue weighted by Crippen LogP contribution is -2.19. The fourth-order valence-electron chi connectivity index (χ4n) is 10.1. The molecule has 0 radical (unpaired) electrons. The van der Waals surface area contributed by atoms with Crippen molar-refractivity contribution >= 4 is 161 Å². The molecule has 0 saturated carbocycles. The number of methoxy groups -OCH3 is 3. The predicted molar refractivity (Wildman–Crippen MR) is 407 cm³/mol. The number of fused-ring (bicyclic) bond motifs is 3. The lowest BCUT2D eigenvalue weighted by Gasteiger charge is -2.16. The molecule has 4 heterocycles. The number of hydrogen-bond acceptors (Lipinski definition) is 18. The normalized spacial score (nSPS) is 11.3. The Hall–Kier alpha value is -10.0. The molecule has 0 aliphatic heterocycles. The number of nitrogens with zero attached hydrogens (tertiary/aromatic N) is 4. The van der Waals surface area contributed by atoms with Crippen LogP contribution in [0, 0.1) is 87.3 Å². The lowest BCUT2D eigenvalue weighted by molar-refractivity contribution is 0.346. The van der Waals surface area contributed by atoms with E-state index in [1.165, 1.54) is 114 Å². The Bertz CT molecular complexity index is 6030. The maximum Gasteiger partial charge on any atom is 0.339 e. The molecule has 13 aromatic rings. The number of anilines is 1. The molecule has 2 N–H and O–H groups in total. The maximum atomic E-state index is 13.9. The summed E-state index contributed by atoms with van der Waals surface area (Å²) >= 11 is 28.2. The fourth-order valence-corrected chi connectivity index (χ4v) is 14.5. The number of hydrogen-bond donors (Lipinski definition) is 1. The minimum atomic E-state index is -5.08. The van der Waals surface area contributed by atoms with Crippen molar-refractivity contribution in [2.24, 2.45) is 0 Å². The third-order valence-electron chi connectivity index (χ3n) is 15.4. The maximum absolute atomic E-state index is 13.9. The van der Waals surface area contributed by atoms with Crippen LogP contribution in [0.3, 0.4) is 0 Å². The molecule has 21 nitrogen and oxygen atoms in total. The number of pyridine rings is 3. The van der Waals surface area contributed by atoms with Crippen molar-refractivity contribution in [1.29, 1.82) is 0 Å². The van der Waals surface area contributed by atoms with Gasteiger partial charge in [-0.2, -0.15) is 61.5 Å². The van der Waals surface area contributed by atoms with Gasteiger partial charge in [0.15, 0.2) is 5.82 Å². The smallest absolute Gasteiger partial charge is 0.339 e. The molecule has 0 fully saturated rings. The number of halogens is 21. The summed E-state index contributed by atoms with van der Waals surface area (Å²) in [5, 5.41) is 4.45. The van der Waals surface area contributed by atoms with Crippen LogP contribution in [0.15, 0.2) is 187 Å². The zero-order chi connectivity index (χ0) is 84.0. The number of benzene rings is 9. The molecular weight excluding hydrogens is 1930 g/mol. The molecule has 1 atom stereocenters. The van der Waals surface area contributed by atoms with Gasteiger partial charge in [-0.3, -0.25) is 28.1 Å². The van der Waals surface area contributed by atoms with E-state index in [2.05, 4.69) is 70.0 Å². The number of rotatable bonds is 15. The molecule has 46 heteroatoms. The molecule has 116 heavy (non-hydrogen) atoms. The molecule has 13 rings (SSSR count). The molecule has 0 bridgehead atoms. The highest BCUT2D eigenvalue weighted by atomic mass is 79.9. The van der Waals surface area contributed by atoms with Crippen molar-refractivity contribution in [2.75, 3.05) is 27.1 Å². The van der Waals surface area contributed by atoms with Crippen LogP contribution >= 0.6 is 92.5 Å². The SMILES string of the molecule is C.COc1cc(Br)c(Cl)cc1-n1c(=O)ccc2cc(S(=O)(=O)Oc3c(F)c(F)c(F)c(F)c3F)ccc21.COc1cc(Br)c(Cl)cc1-n1c(=O)ccc2cc(S(=O)(=O)Oc3c(F)c(F)c(F)c(F)c3F)ccc21.COc1cc(Br)c(Cl)cc1-n1c(=O)ccc2cc(S(=O)(=O)Oc3c(F)c(F)c(F)c(F)c3F)ccc21.Nc1ccon1.P. The lowest BCUT2D eigenvalue weighted by atomic mass is 10.2. The largest absolute Gasteiger partial charge is 0.495 e. The molecule has 0 aliphatic carbocycles. The number of nitrogen functional groups attached to an aromatic ring is 1. The summed E-state index contributed by atoms with van der Waals surface area (Å²) in [6.45, 7) is 0. The summed E-state index contributed by atoms with van der Waals surface area (Å²) in [6.07, 6.45) is 1.43. The van der Waals surface area contributed by atoms with Gasteiger partial charge in [-0.05, 0) is 157 Å². The van der Waals surface area contributed by atoms with E-state index in [1.54, 1.807) is 6.07 Å². The van der Waals surface area contributed by atoms with Crippen molar-refractivity contribution < 1.29 is 122 Å². The van der Waals surface area contributed by atoms with Gasteiger partial charge in [-0.15, -0.1) is 0 Å². The van der Waals surface area contributed by atoms with E-state index in [9.17, 15) is 105 Å². The van der Waals surface area contributed by atoms with E-state index in [1.807, 2.05) is 0 Å². The monoisotopic (exact) mass is 1960 g/mol. The van der Waals surface area contributed by atoms with Gasteiger partial charge in [0.1, 0.15) is 38.2 Å². The van der Waals surface area contributed by atoms with E-state index in [0.29, 0.717) is 19.2 Å². The van der Waals surface area contributed by atoms with Crippen LogP contribution < -0.4 is 49.2 Å². The Balaban J connectivity index is 0.000000207. The van der Waals surface area contributed by atoms with E-state index in [4.69, 9.17) is 54.7 Å². The van der Waals surface area contributed by atoms with Gasteiger partial charge in [-0.1, -0.05) is 47.4 Å². The highest BCUT2D eigenvalue weighted by Gasteiger charge is 2.35. The molecule has 0 aliphatic rings. The summed E-state index contributed by atoms with van der Waals surface area (Å²) < 4.78 is 318. The van der Waals surface area contributed by atoms with Crippen LogP contribution in [0.1, 0.15) is 7.43 Å². The topological polar surface area (TPSA) is 276 Å². The number of nitrogens with two attached hydrogens (primary N) is 1. The highest BCUT2D eigenvalue weighted by Crippen LogP contribution is 2.41. The zero-order valence-corrected chi connectivity index (χ0v) is 67.4. The van der Waals surface area contributed by atoms with Crippen molar-refractivity contribution in [3.63, 3.8) is 0 Å². The van der Waals surface area contributed by atoms with Gasteiger partial charge < -0.3 is 37.0 Å². The Morgan fingerprint density at radius 2 is 0.595 bits per heavy atom. The van der Waals surface area contributed by atoms with E-state index in [0.717, 1.165) is 54.6 Å². The van der Waals surface area contributed by atoms with E-state index >= 15 is 0 Å². The van der Waals surface area contributed by atoms with Gasteiger partial charge in [-0.25, -0.2) is 39.5 Å². The van der Waals surface area contributed by atoms with Gasteiger partial charge >= 0.3 is 30.4 Å². The fraction of sp³-hybridized carbons (Fsp3) is 0.0571. The summed E-state index contributed by atoms with van der Waals surface area (Å²) in [5.74, 6) is -41.2. The van der Waals surface area contributed by atoms with Crippen LogP contribution in [0.25, 0.3) is 49.8 Å². The van der Waals surface area contributed by atoms with Gasteiger partial charge in [0.05, 0.1) is 70.0 Å². The second-order valence-corrected chi connectivity index (χ2v) is 30.7. The second kappa shape index (κ2) is 36.2. The average Bonchev–Trinajstić information content (AvgIpc) is 1.01. The Labute approximate surface area is 684 Å². The summed E-state index contributed by atoms with van der Waals surface area (Å²) in [6, 6.07) is 26.8. The van der Waals surface area contributed by atoms with Crippen LogP contribution in [-0.2, 0) is 30.4 Å². The van der Waals surface area contributed by atoms with Gasteiger partial charge in [0.2, 0.25) is 105 Å². The van der Waals surface area contributed by atoms with Crippen molar-refractivity contribution in [2.45, 2.75) is 22.1 Å². The van der Waals surface area contributed by atoms with Crippen molar-refractivity contribution in [1.82, 2.24) is 18.9 Å². The molecule has 1 unspecified atom stereocenters. The summed E-state index contributed by atoms with van der Waals surface area (Å²) in [4.78, 5) is 36.1. The molecule has 9 aromatic carbocycles. The number of ether oxygens (including phenoxy) is 3. The highest BCUT2D eigenvalue weighted by molar-refractivity contribution is 9.11. The minimum Gasteiger partial charge on any atom is -0.495 e. The Morgan fingerprint density at radius 1 is 0.362 bits per heavy atom. The van der Waals surface area contributed by atoms with E-state index < -0.39 is 166 Å². The summed E-state index contributed by atoms with van der Waals surface area (Å²) in [7, 11) is -11.2. The first kappa shape index (κ1) is 91.5. The predicted octanol–water partition coefficient (Wildman–Crippen LogP) is 18.6. The zero-order valence-electron chi connectivity index (χ0n) is 56.5. The molecule has 0 spiro atoms. The first-order valence-electron chi connectivity index (χ1n) is 30.1. The first-order valence-corrected chi connectivity index (χ1v) is 37.9. The molecule has 0 saturated heterocycles. The van der Waals surface area contributed by atoms with E-state index in [-0.39, 0.29) is 99.4 Å². The third kappa shape index (κ3) is 18.2. The minimum absolute atomic E-state index is 0. The Kier molecular flexibility index (Phi) is 28.6. The molecule has 612 valence electrons. The van der Waals surface area contributed by atoms with Gasteiger partial charge in [0.25, 0.3) is 16.7 Å². The standard InChI is InChI=1S/3C22H10BrClF5NO5S.C3H4N2O.CH4.H3P/c3*1-34-15-7-11(23)12(24)8-14(15)30-13-4-3-10(6-9(13)2-5-16(30)31)36(32,33)35-22-20(28)18(26)17(25)19(27)21(22)29;4-3-1-2-6-5-3;;/h3*2-8H,1H3;1-2H,(H2,4,5);1H4;1H3. The molecule has 0 amide bonds. The van der Waals surface area contributed by atoms with Crippen molar-refractivity contribution in [3.8, 4) is 51.6 Å². The van der Waals surface area contributed by atoms with Gasteiger partial charge in [0, 0.05) is 53.8 Å². The van der Waals surface area contributed by atoms with Crippen LogP contribution in [-0.4, -0.2) is 65.4 Å².